The fourth-order valence-electron chi connectivity index (χ4n) is 3.07. The summed E-state index contributed by atoms with van der Waals surface area (Å²) in [5.41, 5.74) is 3.62. The molecule has 0 radical (unpaired) electrons. The van der Waals surface area contributed by atoms with Gasteiger partial charge < -0.3 is 14.6 Å². The van der Waals surface area contributed by atoms with E-state index in [0.717, 1.165) is 22.4 Å². The zero-order valence-electron chi connectivity index (χ0n) is 17.2. The highest BCUT2D eigenvalue weighted by atomic mass is 35.5. The van der Waals surface area contributed by atoms with Crippen molar-refractivity contribution < 1.29 is 14.0 Å². The first kappa shape index (κ1) is 21.6. The Kier molecular flexibility index (Phi) is 6.90. The summed E-state index contributed by atoms with van der Waals surface area (Å²) in [5, 5.41) is 3.54. The molecule has 7 heteroatoms. The second kappa shape index (κ2) is 9.59. The van der Waals surface area contributed by atoms with Crippen LogP contribution in [0.3, 0.4) is 0 Å². The number of hydrogen-bond acceptors (Lipinski definition) is 4. The summed E-state index contributed by atoms with van der Waals surface area (Å²) in [6.07, 6.45) is 2.19. The van der Waals surface area contributed by atoms with Gasteiger partial charge in [0.15, 0.2) is 11.7 Å². The third-order valence-electron chi connectivity index (χ3n) is 4.79. The molecule has 6 nitrogen and oxygen atoms in total. The first-order valence-corrected chi connectivity index (χ1v) is 10.0. The van der Waals surface area contributed by atoms with Crippen molar-refractivity contribution in [3.63, 3.8) is 0 Å². The molecule has 0 saturated carbocycles. The van der Waals surface area contributed by atoms with E-state index in [1.807, 2.05) is 44.2 Å². The van der Waals surface area contributed by atoms with Crippen molar-refractivity contribution in [2.24, 2.45) is 0 Å². The summed E-state index contributed by atoms with van der Waals surface area (Å²) >= 11 is 5.90. The third-order valence-corrected chi connectivity index (χ3v) is 5.04. The zero-order chi connectivity index (χ0) is 21.7. The summed E-state index contributed by atoms with van der Waals surface area (Å²) in [5.74, 6) is 0.708. The largest absolute Gasteiger partial charge is 0.441 e. The number of hydrogen-bond donors (Lipinski definition) is 1. The fourth-order valence-corrected chi connectivity index (χ4v) is 3.20. The van der Waals surface area contributed by atoms with Gasteiger partial charge in [0.25, 0.3) is 0 Å². The van der Waals surface area contributed by atoms with E-state index in [-0.39, 0.29) is 24.8 Å². The van der Waals surface area contributed by atoms with Gasteiger partial charge >= 0.3 is 0 Å². The monoisotopic (exact) mass is 425 g/mol. The zero-order valence-corrected chi connectivity index (χ0v) is 18.0. The number of para-hydroxylation sites is 1. The predicted octanol–water partition coefficient (Wildman–Crippen LogP) is 4.64. The molecule has 2 amide bonds. The minimum Gasteiger partial charge on any atom is -0.441 e. The van der Waals surface area contributed by atoms with Gasteiger partial charge in [-0.25, -0.2) is 4.98 Å². The van der Waals surface area contributed by atoms with E-state index in [0.29, 0.717) is 23.1 Å². The van der Waals surface area contributed by atoms with Crippen molar-refractivity contribution in [3.05, 3.63) is 70.7 Å². The van der Waals surface area contributed by atoms with E-state index < -0.39 is 0 Å². The Labute approximate surface area is 180 Å². The normalized spacial score (nSPS) is 10.7. The van der Waals surface area contributed by atoms with Crippen molar-refractivity contribution >= 4 is 29.1 Å². The molecule has 156 valence electrons. The van der Waals surface area contributed by atoms with E-state index >= 15 is 0 Å². The van der Waals surface area contributed by atoms with Crippen molar-refractivity contribution in [2.45, 2.75) is 26.7 Å². The molecule has 3 rings (SSSR count). The van der Waals surface area contributed by atoms with Crippen LogP contribution in [0, 0.1) is 13.8 Å². The number of carbonyl (C=O) groups is 2. The van der Waals surface area contributed by atoms with Gasteiger partial charge in [0.05, 0.1) is 12.7 Å². The second-order valence-electron chi connectivity index (χ2n) is 7.19. The smallest absolute Gasteiger partial charge is 0.243 e. The van der Waals surface area contributed by atoms with Gasteiger partial charge in [0.1, 0.15) is 0 Å². The molecule has 0 fully saturated rings. The Morgan fingerprint density at radius 1 is 1.10 bits per heavy atom. The van der Waals surface area contributed by atoms with E-state index in [4.69, 9.17) is 16.0 Å². The van der Waals surface area contributed by atoms with Gasteiger partial charge in [0.2, 0.25) is 11.8 Å². The van der Waals surface area contributed by atoms with E-state index in [1.165, 1.54) is 4.90 Å². The molecular weight excluding hydrogens is 402 g/mol. The minimum atomic E-state index is -0.232. The van der Waals surface area contributed by atoms with Crippen molar-refractivity contribution in [2.75, 3.05) is 18.9 Å². The predicted molar refractivity (Wildman–Crippen MR) is 117 cm³/mol. The maximum absolute atomic E-state index is 12.4. The topological polar surface area (TPSA) is 75.4 Å². The Hall–Kier alpha value is -3.12. The Morgan fingerprint density at radius 3 is 2.43 bits per heavy atom. The number of rotatable bonds is 7. The maximum Gasteiger partial charge on any atom is 0.243 e. The summed E-state index contributed by atoms with van der Waals surface area (Å²) in [7, 11) is 1.61. The Morgan fingerprint density at radius 2 is 1.77 bits per heavy atom. The highest BCUT2D eigenvalue weighted by Gasteiger charge is 2.16. The van der Waals surface area contributed by atoms with E-state index in [2.05, 4.69) is 10.3 Å². The number of aromatic nitrogens is 1. The summed E-state index contributed by atoms with van der Waals surface area (Å²) in [6.45, 7) is 3.85. The highest BCUT2D eigenvalue weighted by Crippen LogP contribution is 2.23. The SMILES string of the molecule is Cc1cccc(C)c1NC(=O)CN(C)C(=O)CCc1ncc(-c2ccc(Cl)cc2)o1. The number of nitrogens with one attached hydrogen (secondary N) is 1. The second-order valence-corrected chi connectivity index (χ2v) is 7.63. The van der Waals surface area contributed by atoms with Crippen LogP contribution in [0.15, 0.2) is 53.1 Å². The lowest BCUT2D eigenvalue weighted by molar-refractivity contribution is -0.133. The average molecular weight is 426 g/mol. The lowest BCUT2D eigenvalue weighted by Crippen LogP contribution is -2.35. The number of aryl methyl sites for hydroxylation is 3. The molecule has 1 aromatic heterocycles. The lowest BCUT2D eigenvalue weighted by atomic mass is 10.1. The van der Waals surface area contributed by atoms with Crippen molar-refractivity contribution in [3.8, 4) is 11.3 Å². The molecule has 30 heavy (non-hydrogen) atoms. The molecule has 1 N–H and O–H groups in total. The quantitative estimate of drug-likeness (QED) is 0.598. The van der Waals surface area contributed by atoms with Gasteiger partial charge in [-0.05, 0) is 49.2 Å². The van der Waals surface area contributed by atoms with Gasteiger partial charge in [-0.2, -0.15) is 0 Å². The lowest BCUT2D eigenvalue weighted by Gasteiger charge is -2.18. The molecule has 0 aliphatic carbocycles. The van der Waals surface area contributed by atoms with Gasteiger partial charge in [-0.15, -0.1) is 0 Å². The van der Waals surface area contributed by atoms with Crippen molar-refractivity contribution in [1.29, 1.82) is 0 Å². The molecule has 0 aliphatic rings. The number of anilines is 1. The molecule has 0 spiro atoms. The number of oxazole rings is 1. The van der Waals surface area contributed by atoms with Crippen molar-refractivity contribution in [1.82, 2.24) is 9.88 Å². The molecule has 0 atom stereocenters. The van der Waals surface area contributed by atoms with Crippen LogP contribution in [0.4, 0.5) is 5.69 Å². The van der Waals surface area contributed by atoms with Crippen LogP contribution >= 0.6 is 11.6 Å². The number of halogens is 1. The molecule has 3 aromatic rings. The van der Waals surface area contributed by atoms with Crippen LogP contribution in [0.5, 0.6) is 0 Å². The molecule has 0 bridgehead atoms. The van der Waals surface area contributed by atoms with Gasteiger partial charge in [-0.3, -0.25) is 9.59 Å². The summed E-state index contributed by atoms with van der Waals surface area (Å²) in [4.78, 5) is 30.4. The molecule has 0 unspecified atom stereocenters. The minimum absolute atomic E-state index is 0.0196. The maximum atomic E-state index is 12.4. The Bertz CT molecular complexity index is 1020. The van der Waals surface area contributed by atoms with Gasteiger partial charge in [0, 0.05) is 36.2 Å². The van der Waals surface area contributed by atoms with Crippen LogP contribution in [0.2, 0.25) is 5.02 Å². The van der Waals surface area contributed by atoms with Gasteiger partial charge in [-0.1, -0.05) is 29.8 Å². The van der Waals surface area contributed by atoms with E-state index in [1.54, 1.807) is 25.4 Å². The summed E-state index contributed by atoms with van der Waals surface area (Å²) < 4.78 is 5.72. The first-order chi connectivity index (χ1) is 14.3. The Balaban J connectivity index is 1.51. The number of carbonyl (C=O) groups excluding carboxylic acids is 2. The van der Waals surface area contributed by atoms with Crippen LogP contribution < -0.4 is 5.32 Å². The molecule has 0 saturated heterocycles. The number of nitrogens with zero attached hydrogens (tertiary/aromatic N) is 2. The standard InChI is InChI=1S/C23H24ClN3O3/c1-15-5-4-6-16(2)23(15)26-20(28)14-27(3)22(29)12-11-21-25-13-19(30-21)17-7-9-18(24)10-8-17/h4-10,13H,11-12,14H2,1-3H3,(H,26,28). The first-order valence-electron chi connectivity index (χ1n) is 9.64. The molecule has 2 aromatic carbocycles. The fraction of sp³-hybridized carbons (Fsp3) is 0.261. The number of likely N-dealkylation sites (N-methyl/N-ethyl adjacent to an activating group) is 1. The van der Waals surface area contributed by atoms with Crippen LogP contribution in [-0.4, -0.2) is 35.3 Å². The van der Waals surface area contributed by atoms with Crippen LogP contribution in [0.25, 0.3) is 11.3 Å². The highest BCUT2D eigenvalue weighted by molar-refractivity contribution is 6.30. The van der Waals surface area contributed by atoms with E-state index in [9.17, 15) is 9.59 Å². The average Bonchev–Trinajstić information content (AvgIpc) is 3.18. The molecule has 1 heterocycles. The van der Waals surface area contributed by atoms with Crippen LogP contribution in [0.1, 0.15) is 23.4 Å². The van der Waals surface area contributed by atoms with Crippen LogP contribution in [-0.2, 0) is 16.0 Å². The number of benzene rings is 2. The molecule has 0 aliphatic heterocycles. The number of amides is 2. The third kappa shape index (κ3) is 5.48. The molecular formula is C23H24ClN3O3. The summed E-state index contributed by atoms with van der Waals surface area (Å²) in [6, 6.07) is 13.1.